The Balaban J connectivity index is 2.07. The average Bonchev–Trinajstić information content (AvgIpc) is 3.09. The van der Waals surface area contributed by atoms with Crippen LogP contribution in [0, 0.1) is 17.2 Å². The van der Waals surface area contributed by atoms with Gasteiger partial charge in [0.05, 0.1) is 37.7 Å². The van der Waals surface area contributed by atoms with E-state index in [4.69, 9.17) is 14.3 Å². The van der Waals surface area contributed by atoms with Crippen LogP contribution in [-0.2, 0) is 20.2 Å². The zero-order valence-electron chi connectivity index (χ0n) is 16.5. The maximum absolute atomic E-state index is 12.7. The van der Waals surface area contributed by atoms with Gasteiger partial charge in [-0.1, -0.05) is 0 Å². The quantitative estimate of drug-likeness (QED) is 0.524. The number of imidazole rings is 1. The Kier molecular flexibility index (Phi) is 8.33. The molecule has 2 heterocycles. The number of nitriles is 1. The molecule has 154 valence electrons. The SMILES string of the molecule is CCOP(=O)(CCN(CCn1cnc2c(O)ncnc21)CC(C)C#N)OCC. The number of hydrogen-bond donors (Lipinski definition) is 1. The van der Waals surface area contributed by atoms with Crippen LogP contribution < -0.4 is 0 Å². The van der Waals surface area contributed by atoms with Crippen molar-refractivity contribution in [2.45, 2.75) is 27.3 Å². The van der Waals surface area contributed by atoms with Gasteiger partial charge in [-0.05, 0) is 20.8 Å². The Labute approximate surface area is 164 Å². The predicted octanol–water partition coefficient (Wildman–Crippen LogP) is 2.26. The Bertz CT molecular complexity index is 842. The highest BCUT2D eigenvalue weighted by Crippen LogP contribution is 2.47. The summed E-state index contributed by atoms with van der Waals surface area (Å²) in [6.07, 6.45) is 3.13. The lowest BCUT2D eigenvalue weighted by atomic mass is 10.2. The molecule has 2 aromatic heterocycles. The van der Waals surface area contributed by atoms with Gasteiger partial charge in [-0.3, -0.25) is 9.46 Å². The second-order valence-electron chi connectivity index (χ2n) is 6.31. The smallest absolute Gasteiger partial charge is 0.331 e. The zero-order valence-corrected chi connectivity index (χ0v) is 17.4. The molecule has 2 aromatic rings. The molecule has 2 rings (SSSR count). The molecule has 0 saturated heterocycles. The van der Waals surface area contributed by atoms with E-state index in [1.165, 1.54) is 6.33 Å². The highest BCUT2D eigenvalue weighted by atomic mass is 31.2. The van der Waals surface area contributed by atoms with E-state index >= 15 is 0 Å². The van der Waals surface area contributed by atoms with E-state index in [2.05, 4.69) is 21.0 Å². The molecule has 0 aliphatic heterocycles. The third-order valence-corrected chi connectivity index (χ3v) is 6.18. The number of aromatic hydroxyl groups is 1. The van der Waals surface area contributed by atoms with Crippen molar-refractivity contribution in [3.63, 3.8) is 0 Å². The topological polar surface area (TPSA) is 126 Å². The molecule has 0 amide bonds. The standard InChI is InChI=1S/C17H27N6O4P/c1-4-26-28(25,27-5-2)9-8-22(11-14(3)10-18)6-7-23-13-21-15-16(23)19-12-20-17(15)24/h12-14H,4-9,11H2,1-3H3,(H,19,20,24). The van der Waals surface area contributed by atoms with E-state index in [1.54, 1.807) is 20.2 Å². The molecule has 0 aromatic carbocycles. The molecule has 0 bridgehead atoms. The van der Waals surface area contributed by atoms with Crippen LogP contribution in [0.1, 0.15) is 20.8 Å². The molecular formula is C17H27N6O4P. The summed E-state index contributed by atoms with van der Waals surface area (Å²) in [5, 5.41) is 18.9. The summed E-state index contributed by atoms with van der Waals surface area (Å²) in [6, 6.07) is 2.23. The van der Waals surface area contributed by atoms with Crippen molar-refractivity contribution in [1.29, 1.82) is 5.26 Å². The molecule has 10 nitrogen and oxygen atoms in total. The molecule has 28 heavy (non-hydrogen) atoms. The van der Waals surface area contributed by atoms with Crippen LogP contribution >= 0.6 is 7.60 Å². The first-order valence-corrected chi connectivity index (χ1v) is 11.0. The van der Waals surface area contributed by atoms with Crippen molar-refractivity contribution in [3.8, 4) is 11.9 Å². The summed E-state index contributed by atoms with van der Waals surface area (Å²) in [7, 11) is -3.15. The average molecular weight is 410 g/mol. The van der Waals surface area contributed by atoms with Gasteiger partial charge in [0.25, 0.3) is 0 Å². The van der Waals surface area contributed by atoms with E-state index in [0.29, 0.717) is 50.6 Å². The van der Waals surface area contributed by atoms with Crippen molar-refractivity contribution >= 4 is 18.8 Å². The van der Waals surface area contributed by atoms with Crippen molar-refractivity contribution in [2.24, 2.45) is 5.92 Å². The van der Waals surface area contributed by atoms with Crippen LogP contribution in [0.2, 0.25) is 0 Å². The van der Waals surface area contributed by atoms with Crippen molar-refractivity contribution in [2.75, 3.05) is 39.0 Å². The molecular weight excluding hydrogens is 383 g/mol. The summed E-state index contributed by atoms with van der Waals surface area (Å²) in [5.74, 6) is -0.336. The molecule has 0 fully saturated rings. The fraction of sp³-hybridized carbons (Fsp3) is 0.647. The summed E-state index contributed by atoms with van der Waals surface area (Å²) in [5.41, 5.74) is 0.881. The largest absolute Gasteiger partial charge is 0.492 e. The van der Waals surface area contributed by atoms with Crippen LogP contribution in [-0.4, -0.2) is 68.5 Å². The van der Waals surface area contributed by atoms with Gasteiger partial charge in [0.15, 0.2) is 11.2 Å². The normalized spacial score (nSPS) is 13.1. The van der Waals surface area contributed by atoms with Gasteiger partial charge in [0.2, 0.25) is 5.88 Å². The summed E-state index contributed by atoms with van der Waals surface area (Å²) in [4.78, 5) is 14.1. The number of rotatable bonds is 12. The maximum Gasteiger partial charge on any atom is 0.331 e. The lowest BCUT2D eigenvalue weighted by molar-refractivity contribution is 0.208. The Morgan fingerprint density at radius 3 is 2.64 bits per heavy atom. The Morgan fingerprint density at radius 2 is 2.00 bits per heavy atom. The Morgan fingerprint density at radius 1 is 1.29 bits per heavy atom. The molecule has 1 unspecified atom stereocenters. The molecule has 1 N–H and O–H groups in total. The second kappa shape index (κ2) is 10.5. The molecule has 0 aliphatic carbocycles. The van der Waals surface area contributed by atoms with Crippen molar-refractivity contribution in [1.82, 2.24) is 24.4 Å². The van der Waals surface area contributed by atoms with Crippen LogP contribution in [0.4, 0.5) is 0 Å². The van der Waals surface area contributed by atoms with Gasteiger partial charge in [0, 0.05) is 26.2 Å². The molecule has 0 saturated carbocycles. The minimum atomic E-state index is -3.15. The van der Waals surface area contributed by atoms with Gasteiger partial charge in [0.1, 0.15) is 6.33 Å². The van der Waals surface area contributed by atoms with Crippen LogP contribution in [0.15, 0.2) is 12.7 Å². The monoisotopic (exact) mass is 410 g/mol. The van der Waals surface area contributed by atoms with Crippen molar-refractivity contribution in [3.05, 3.63) is 12.7 Å². The summed E-state index contributed by atoms with van der Waals surface area (Å²) >= 11 is 0. The second-order valence-corrected chi connectivity index (χ2v) is 8.49. The third kappa shape index (κ3) is 5.97. The lowest BCUT2D eigenvalue weighted by Crippen LogP contribution is -2.34. The van der Waals surface area contributed by atoms with Gasteiger partial charge in [-0.25, -0.2) is 9.97 Å². The predicted molar refractivity (Wildman–Crippen MR) is 104 cm³/mol. The third-order valence-electron chi connectivity index (χ3n) is 4.13. The minimum Gasteiger partial charge on any atom is -0.492 e. The van der Waals surface area contributed by atoms with Crippen LogP contribution in [0.3, 0.4) is 0 Å². The zero-order chi connectivity index (χ0) is 20.6. The van der Waals surface area contributed by atoms with E-state index in [9.17, 15) is 9.67 Å². The van der Waals surface area contributed by atoms with Gasteiger partial charge < -0.3 is 18.7 Å². The van der Waals surface area contributed by atoms with Crippen LogP contribution in [0.5, 0.6) is 5.88 Å². The van der Waals surface area contributed by atoms with Gasteiger partial charge in [-0.15, -0.1) is 0 Å². The Hall–Kier alpha value is -2.05. The van der Waals surface area contributed by atoms with Gasteiger partial charge in [-0.2, -0.15) is 10.2 Å². The minimum absolute atomic E-state index is 0.159. The highest BCUT2D eigenvalue weighted by Gasteiger charge is 2.25. The summed E-state index contributed by atoms with van der Waals surface area (Å²) in [6.45, 7) is 8.16. The number of aromatic nitrogens is 4. The molecule has 11 heteroatoms. The molecule has 0 spiro atoms. The summed E-state index contributed by atoms with van der Waals surface area (Å²) < 4.78 is 25.2. The number of nitrogens with zero attached hydrogens (tertiary/aromatic N) is 6. The van der Waals surface area contributed by atoms with E-state index < -0.39 is 7.60 Å². The number of fused-ring (bicyclic) bond motifs is 1. The molecule has 1 atom stereocenters. The van der Waals surface area contributed by atoms with Gasteiger partial charge >= 0.3 is 7.60 Å². The first-order chi connectivity index (χ1) is 13.4. The first kappa shape index (κ1) is 22.2. The fourth-order valence-electron chi connectivity index (χ4n) is 2.83. The van der Waals surface area contributed by atoms with E-state index in [-0.39, 0.29) is 18.0 Å². The maximum atomic E-state index is 12.7. The highest BCUT2D eigenvalue weighted by molar-refractivity contribution is 7.53. The van der Waals surface area contributed by atoms with E-state index in [0.717, 1.165) is 0 Å². The molecule has 0 radical (unpaired) electrons. The molecule has 0 aliphatic rings. The number of hydrogen-bond acceptors (Lipinski definition) is 9. The lowest BCUT2D eigenvalue weighted by Gasteiger charge is -2.25. The fourth-order valence-corrected chi connectivity index (χ4v) is 4.47. The van der Waals surface area contributed by atoms with Crippen LogP contribution in [0.25, 0.3) is 11.2 Å². The van der Waals surface area contributed by atoms with Crippen molar-refractivity contribution < 1.29 is 18.7 Å². The first-order valence-electron chi connectivity index (χ1n) is 9.27. The van der Waals surface area contributed by atoms with E-state index in [1.807, 2.05) is 16.4 Å².